The van der Waals surface area contributed by atoms with Crippen LogP contribution in [0.5, 0.6) is 0 Å². The quantitative estimate of drug-likeness (QED) is 0.768. The molecular weight excluding hydrogens is 318 g/mol. The minimum absolute atomic E-state index is 0.00259. The largest absolute Gasteiger partial charge is 0.345 e. The second kappa shape index (κ2) is 7.41. The third-order valence-electron chi connectivity index (χ3n) is 4.21. The predicted octanol–water partition coefficient (Wildman–Crippen LogP) is 0.188. The van der Waals surface area contributed by atoms with Crippen molar-refractivity contribution in [2.45, 2.75) is 25.3 Å². The number of carbonyl (C=O) groups excluding carboxylic acids is 1. The van der Waals surface area contributed by atoms with Crippen LogP contribution in [0, 0.1) is 0 Å². The van der Waals surface area contributed by atoms with Crippen molar-refractivity contribution in [1.29, 1.82) is 0 Å². The van der Waals surface area contributed by atoms with E-state index in [1.54, 1.807) is 20.3 Å². The van der Waals surface area contributed by atoms with Crippen LogP contribution in [0.3, 0.4) is 0 Å². The molecule has 1 saturated heterocycles. The first-order valence-corrected chi connectivity index (χ1v) is 9.41. The van der Waals surface area contributed by atoms with Crippen LogP contribution in [0.2, 0.25) is 0 Å². The summed E-state index contributed by atoms with van der Waals surface area (Å²) in [4.78, 5) is 15.9. The van der Waals surface area contributed by atoms with Crippen LogP contribution in [0.25, 0.3) is 0 Å². The van der Waals surface area contributed by atoms with Gasteiger partial charge in [0.25, 0.3) is 5.91 Å². The van der Waals surface area contributed by atoms with Gasteiger partial charge in [0.1, 0.15) is 0 Å². The van der Waals surface area contributed by atoms with E-state index in [9.17, 15) is 13.2 Å². The van der Waals surface area contributed by atoms with Gasteiger partial charge < -0.3 is 4.90 Å². The van der Waals surface area contributed by atoms with Gasteiger partial charge in [-0.3, -0.25) is 14.8 Å². The number of aromatic nitrogens is 2. The summed E-state index contributed by atoms with van der Waals surface area (Å²) >= 11 is 0. The van der Waals surface area contributed by atoms with E-state index in [2.05, 4.69) is 19.8 Å². The Labute approximate surface area is 137 Å². The molecule has 0 aliphatic carbocycles. The Hall–Kier alpha value is -1.45. The number of amides is 1. The van der Waals surface area contributed by atoms with Gasteiger partial charge in [-0.15, -0.1) is 0 Å². The van der Waals surface area contributed by atoms with Crippen molar-refractivity contribution in [3.63, 3.8) is 0 Å². The van der Waals surface area contributed by atoms with Crippen LogP contribution in [-0.2, 0) is 10.0 Å². The molecule has 1 aliphatic rings. The van der Waals surface area contributed by atoms with E-state index < -0.39 is 10.0 Å². The molecule has 130 valence electrons. The Balaban J connectivity index is 2.19. The predicted molar refractivity (Wildman–Crippen MR) is 87.6 cm³/mol. The van der Waals surface area contributed by atoms with E-state index in [1.807, 2.05) is 0 Å². The molecule has 1 atom stereocenters. The van der Waals surface area contributed by atoms with Crippen LogP contribution >= 0.6 is 0 Å². The highest BCUT2D eigenvalue weighted by Gasteiger charge is 2.30. The van der Waals surface area contributed by atoms with Crippen molar-refractivity contribution >= 4 is 15.9 Å². The summed E-state index contributed by atoms with van der Waals surface area (Å²) < 4.78 is 25.7. The zero-order chi connectivity index (χ0) is 17.0. The SMILES string of the molecule is CNS(=O)(=O)CCN1CCCCC1c1[nH]ncc1C(=O)N(C)C. The average Bonchev–Trinajstić information content (AvgIpc) is 3.01. The minimum Gasteiger partial charge on any atom is -0.345 e. The standard InChI is InChI=1S/C14H25N5O3S/c1-15-23(21,22)9-8-19-7-5-4-6-12(19)13-11(10-16-17-13)14(20)18(2)3/h10,12,15H,4-9H2,1-3H3,(H,16,17). The highest BCUT2D eigenvalue weighted by Crippen LogP contribution is 2.31. The van der Waals surface area contributed by atoms with E-state index in [0.29, 0.717) is 12.1 Å². The van der Waals surface area contributed by atoms with Crippen molar-refractivity contribution in [1.82, 2.24) is 24.7 Å². The first-order chi connectivity index (χ1) is 10.9. The summed E-state index contributed by atoms with van der Waals surface area (Å²) in [6.45, 7) is 1.25. The van der Waals surface area contributed by atoms with Crippen LogP contribution in [0.1, 0.15) is 41.4 Å². The Morgan fingerprint density at radius 2 is 2.22 bits per heavy atom. The molecule has 8 nitrogen and oxygen atoms in total. The highest BCUT2D eigenvalue weighted by atomic mass is 32.2. The van der Waals surface area contributed by atoms with Crippen molar-refractivity contribution < 1.29 is 13.2 Å². The number of likely N-dealkylation sites (tertiary alicyclic amines) is 1. The van der Waals surface area contributed by atoms with Crippen LogP contribution in [-0.4, -0.2) is 74.3 Å². The third kappa shape index (κ3) is 4.30. The topological polar surface area (TPSA) is 98.4 Å². The smallest absolute Gasteiger partial charge is 0.256 e. The van der Waals surface area contributed by atoms with E-state index in [1.165, 1.54) is 11.9 Å². The Morgan fingerprint density at radius 1 is 1.48 bits per heavy atom. The molecule has 1 aromatic heterocycles. The third-order valence-corrected chi connectivity index (χ3v) is 5.55. The molecule has 2 heterocycles. The molecular formula is C14H25N5O3S. The fourth-order valence-corrected chi connectivity index (χ4v) is 3.57. The molecule has 2 N–H and O–H groups in total. The van der Waals surface area contributed by atoms with Gasteiger partial charge >= 0.3 is 0 Å². The van der Waals surface area contributed by atoms with Crippen molar-refractivity contribution in [3.05, 3.63) is 17.5 Å². The van der Waals surface area contributed by atoms with Gasteiger partial charge in [-0.1, -0.05) is 6.42 Å². The Bertz CT molecular complexity index is 641. The molecule has 1 amide bonds. The molecule has 0 radical (unpaired) electrons. The second-order valence-corrected chi connectivity index (χ2v) is 8.01. The van der Waals surface area contributed by atoms with E-state index in [0.717, 1.165) is 31.5 Å². The normalized spacial score (nSPS) is 19.7. The van der Waals surface area contributed by atoms with Gasteiger partial charge in [-0.2, -0.15) is 5.10 Å². The number of rotatable bonds is 6. The van der Waals surface area contributed by atoms with Crippen molar-refractivity contribution in [2.75, 3.05) is 40.0 Å². The summed E-state index contributed by atoms with van der Waals surface area (Å²) in [5.74, 6) is -0.0485. The fourth-order valence-electron chi connectivity index (χ4n) is 2.89. The number of nitrogens with one attached hydrogen (secondary N) is 2. The van der Waals surface area contributed by atoms with Gasteiger partial charge in [-0.25, -0.2) is 13.1 Å². The van der Waals surface area contributed by atoms with Gasteiger partial charge in [0.15, 0.2) is 0 Å². The summed E-state index contributed by atoms with van der Waals surface area (Å²) in [7, 11) is 1.59. The Kier molecular flexibility index (Phi) is 5.77. The maximum Gasteiger partial charge on any atom is 0.256 e. The van der Waals surface area contributed by atoms with Gasteiger partial charge in [0.2, 0.25) is 10.0 Å². The number of hydrogen-bond acceptors (Lipinski definition) is 5. The molecule has 0 aromatic carbocycles. The van der Waals surface area contributed by atoms with E-state index >= 15 is 0 Å². The molecule has 1 aliphatic heterocycles. The molecule has 1 aromatic rings. The van der Waals surface area contributed by atoms with Crippen LogP contribution in [0.4, 0.5) is 0 Å². The van der Waals surface area contributed by atoms with Gasteiger partial charge in [0.05, 0.1) is 29.2 Å². The number of nitrogens with zero attached hydrogens (tertiary/aromatic N) is 3. The van der Waals surface area contributed by atoms with Gasteiger partial charge in [0, 0.05) is 20.6 Å². The molecule has 0 spiro atoms. The zero-order valence-corrected chi connectivity index (χ0v) is 14.7. The Morgan fingerprint density at radius 3 is 2.87 bits per heavy atom. The highest BCUT2D eigenvalue weighted by molar-refractivity contribution is 7.89. The molecule has 2 rings (SSSR count). The number of sulfonamides is 1. The summed E-state index contributed by atoms with van der Waals surface area (Å²) in [5.41, 5.74) is 1.34. The molecule has 23 heavy (non-hydrogen) atoms. The van der Waals surface area contributed by atoms with Crippen molar-refractivity contribution in [2.24, 2.45) is 0 Å². The summed E-state index contributed by atoms with van der Waals surface area (Å²) in [6.07, 6.45) is 4.51. The average molecular weight is 343 g/mol. The monoisotopic (exact) mass is 343 g/mol. The lowest BCUT2D eigenvalue weighted by Gasteiger charge is -2.35. The maximum atomic E-state index is 12.3. The molecule has 9 heteroatoms. The molecule has 1 unspecified atom stereocenters. The second-order valence-electron chi connectivity index (χ2n) is 5.97. The molecule has 0 saturated carbocycles. The number of piperidine rings is 1. The van der Waals surface area contributed by atoms with Crippen LogP contribution in [0.15, 0.2) is 6.20 Å². The lowest BCUT2D eigenvalue weighted by Crippen LogP contribution is -2.39. The zero-order valence-electron chi connectivity index (χ0n) is 13.9. The van der Waals surface area contributed by atoms with Crippen molar-refractivity contribution in [3.8, 4) is 0 Å². The van der Waals surface area contributed by atoms with E-state index in [4.69, 9.17) is 0 Å². The number of carbonyl (C=O) groups is 1. The van der Waals surface area contributed by atoms with Crippen LogP contribution < -0.4 is 4.72 Å². The van der Waals surface area contributed by atoms with E-state index in [-0.39, 0.29) is 17.7 Å². The fraction of sp³-hybridized carbons (Fsp3) is 0.714. The lowest BCUT2D eigenvalue weighted by atomic mass is 9.97. The number of hydrogen-bond donors (Lipinski definition) is 2. The molecule has 1 fully saturated rings. The number of aromatic amines is 1. The first-order valence-electron chi connectivity index (χ1n) is 7.76. The minimum atomic E-state index is -3.24. The summed E-state index contributed by atoms with van der Waals surface area (Å²) in [5, 5.41) is 6.98. The summed E-state index contributed by atoms with van der Waals surface area (Å²) in [6, 6.07) is -0.00259. The van der Waals surface area contributed by atoms with Gasteiger partial charge in [-0.05, 0) is 26.4 Å². The molecule has 0 bridgehead atoms. The maximum absolute atomic E-state index is 12.3. The number of H-pyrrole nitrogens is 1. The lowest BCUT2D eigenvalue weighted by molar-refractivity contribution is 0.0820. The first kappa shape index (κ1) is 17.9.